The van der Waals surface area contributed by atoms with Crippen LogP contribution in [0.4, 0.5) is 10.6 Å². The number of likely N-dealkylation sites (tertiary alicyclic amines) is 1. The number of hydrogen-bond donors (Lipinski definition) is 0. The first kappa shape index (κ1) is 16.7. The number of carbonyl (C=O) groups is 2. The lowest BCUT2D eigenvalue weighted by molar-refractivity contribution is -0.123. The van der Waals surface area contributed by atoms with Gasteiger partial charge in [-0.2, -0.15) is 0 Å². The number of piperidine rings is 1. The van der Waals surface area contributed by atoms with Gasteiger partial charge in [-0.15, -0.1) is 0 Å². The highest BCUT2D eigenvalue weighted by Gasteiger charge is 2.32. The van der Waals surface area contributed by atoms with Crippen LogP contribution >= 0.6 is 15.9 Å². The van der Waals surface area contributed by atoms with Crippen molar-refractivity contribution in [3.05, 3.63) is 22.8 Å². The molecule has 7 heteroatoms. The maximum absolute atomic E-state index is 12.8. The van der Waals surface area contributed by atoms with Crippen LogP contribution in [0.1, 0.15) is 19.8 Å². The van der Waals surface area contributed by atoms with Crippen molar-refractivity contribution < 1.29 is 14.3 Å². The predicted molar refractivity (Wildman–Crippen MR) is 86.7 cm³/mol. The van der Waals surface area contributed by atoms with Crippen LogP contribution in [-0.4, -0.2) is 48.6 Å². The zero-order valence-electron chi connectivity index (χ0n) is 12.8. The summed E-state index contributed by atoms with van der Waals surface area (Å²) in [5.74, 6) is 0.426. The lowest BCUT2D eigenvalue weighted by Gasteiger charge is -2.33. The van der Waals surface area contributed by atoms with Crippen LogP contribution in [0.25, 0.3) is 0 Å². The highest BCUT2D eigenvalue weighted by molar-refractivity contribution is 9.10. The monoisotopic (exact) mass is 369 g/mol. The molecule has 0 saturated carbocycles. The molecule has 0 aliphatic carbocycles. The number of rotatable bonds is 3. The van der Waals surface area contributed by atoms with E-state index < -0.39 is 0 Å². The Morgan fingerprint density at radius 2 is 2.27 bits per heavy atom. The van der Waals surface area contributed by atoms with Crippen LogP contribution in [0.2, 0.25) is 0 Å². The molecule has 1 atom stereocenters. The summed E-state index contributed by atoms with van der Waals surface area (Å²) in [6.07, 6.45) is 2.88. The molecular formula is C15H20BrN3O3. The van der Waals surface area contributed by atoms with Gasteiger partial charge in [0.1, 0.15) is 5.82 Å². The minimum atomic E-state index is -0.373. The smallest absolute Gasteiger partial charge is 0.409 e. The zero-order chi connectivity index (χ0) is 16.1. The van der Waals surface area contributed by atoms with E-state index in [1.807, 2.05) is 19.1 Å². The molecule has 1 aliphatic heterocycles. The third kappa shape index (κ3) is 3.76. The Hall–Kier alpha value is -1.63. The van der Waals surface area contributed by atoms with Crippen molar-refractivity contribution >= 4 is 33.7 Å². The van der Waals surface area contributed by atoms with Gasteiger partial charge >= 0.3 is 6.09 Å². The summed E-state index contributed by atoms with van der Waals surface area (Å²) in [5, 5.41) is 0. The fourth-order valence-electron chi connectivity index (χ4n) is 2.65. The van der Waals surface area contributed by atoms with Gasteiger partial charge in [-0.25, -0.2) is 9.78 Å². The highest BCUT2D eigenvalue weighted by Crippen LogP contribution is 2.23. The first-order valence-electron chi connectivity index (χ1n) is 7.32. The van der Waals surface area contributed by atoms with E-state index in [4.69, 9.17) is 4.74 Å². The molecule has 120 valence electrons. The Bertz CT molecular complexity index is 535. The Labute approximate surface area is 138 Å². The SMILES string of the molecule is CCN(C(=O)[C@@H]1CCCN(C(=O)OC)C1)c1ccc(Br)cn1. The third-order valence-electron chi connectivity index (χ3n) is 3.77. The summed E-state index contributed by atoms with van der Waals surface area (Å²) in [6.45, 7) is 3.50. The van der Waals surface area contributed by atoms with Crippen LogP contribution < -0.4 is 4.90 Å². The minimum absolute atomic E-state index is 0.00549. The van der Waals surface area contributed by atoms with E-state index in [9.17, 15) is 9.59 Å². The number of anilines is 1. The largest absolute Gasteiger partial charge is 0.453 e. The molecule has 0 aromatic carbocycles. The summed E-state index contributed by atoms with van der Waals surface area (Å²) in [6, 6.07) is 3.67. The molecule has 2 amide bonds. The number of ether oxygens (including phenoxy) is 1. The number of nitrogens with zero attached hydrogens (tertiary/aromatic N) is 3. The maximum Gasteiger partial charge on any atom is 0.409 e. The molecule has 1 saturated heterocycles. The maximum atomic E-state index is 12.8. The second-order valence-electron chi connectivity index (χ2n) is 5.17. The number of amides is 2. The molecule has 22 heavy (non-hydrogen) atoms. The van der Waals surface area contributed by atoms with E-state index in [2.05, 4.69) is 20.9 Å². The van der Waals surface area contributed by atoms with Gasteiger partial charge in [0.15, 0.2) is 0 Å². The molecule has 0 radical (unpaired) electrons. The lowest BCUT2D eigenvalue weighted by Crippen LogP contribution is -2.47. The zero-order valence-corrected chi connectivity index (χ0v) is 14.4. The Morgan fingerprint density at radius 3 is 2.86 bits per heavy atom. The number of aromatic nitrogens is 1. The average Bonchev–Trinajstić information content (AvgIpc) is 2.56. The van der Waals surface area contributed by atoms with Crippen molar-refractivity contribution in [2.75, 3.05) is 31.6 Å². The first-order chi connectivity index (χ1) is 10.6. The van der Waals surface area contributed by atoms with Crippen molar-refractivity contribution in [2.24, 2.45) is 5.92 Å². The van der Waals surface area contributed by atoms with E-state index in [-0.39, 0.29) is 17.9 Å². The number of carbonyl (C=O) groups excluding carboxylic acids is 2. The fraction of sp³-hybridized carbons (Fsp3) is 0.533. The molecule has 6 nitrogen and oxygen atoms in total. The lowest BCUT2D eigenvalue weighted by atomic mass is 9.96. The summed E-state index contributed by atoms with van der Waals surface area (Å²) in [7, 11) is 1.36. The quantitative estimate of drug-likeness (QED) is 0.821. The molecule has 1 fully saturated rings. The normalized spacial score (nSPS) is 18.0. The van der Waals surface area contributed by atoms with Crippen LogP contribution in [0.15, 0.2) is 22.8 Å². The van der Waals surface area contributed by atoms with E-state index in [0.717, 1.165) is 17.3 Å². The van der Waals surface area contributed by atoms with Gasteiger partial charge in [0.2, 0.25) is 5.91 Å². The fourth-order valence-corrected chi connectivity index (χ4v) is 2.89. The van der Waals surface area contributed by atoms with Crippen molar-refractivity contribution in [1.29, 1.82) is 0 Å². The van der Waals surface area contributed by atoms with Crippen molar-refractivity contribution in [3.8, 4) is 0 Å². The molecule has 2 rings (SSSR count). The minimum Gasteiger partial charge on any atom is -0.453 e. The third-order valence-corrected chi connectivity index (χ3v) is 4.24. The molecule has 2 heterocycles. The molecule has 0 unspecified atom stereocenters. The van der Waals surface area contributed by atoms with Gasteiger partial charge in [0.25, 0.3) is 0 Å². The first-order valence-corrected chi connectivity index (χ1v) is 8.12. The van der Waals surface area contributed by atoms with Crippen LogP contribution in [-0.2, 0) is 9.53 Å². The van der Waals surface area contributed by atoms with E-state index in [1.54, 1.807) is 16.0 Å². The highest BCUT2D eigenvalue weighted by atomic mass is 79.9. The second kappa shape index (κ2) is 7.58. The molecule has 0 bridgehead atoms. The summed E-state index contributed by atoms with van der Waals surface area (Å²) in [5.41, 5.74) is 0. The van der Waals surface area contributed by atoms with Gasteiger partial charge in [0, 0.05) is 30.3 Å². The van der Waals surface area contributed by atoms with E-state index in [1.165, 1.54) is 7.11 Å². The van der Waals surface area contributed by atoms with E-state index >= 15 is 0 Å². The average molecular weight is 370 g/mol. The van der Waals surface area contributed by atoms with E-state index in [0.29, 0.717) is 25.5 Å². The van der Waals surface area contributed by atoms with Crippen molar-refractivity contribution in [1.82, 2.24) is 9.88 Å². The van der Waals surface area contributed by atoms with Crippen molar-refractivity contribution in [3.63, 3.8) is 0 Å². The summed E-state index contributed by atoms with van der Waals surface area (Å²) >= 11 is 3.34. The summed E-state index contributed by atoms with van der Waals surface area (Å²) in [4.78, 5) is 32.0. The molecule has 1 aromatic heterocycles. The van der Waals surface area contributed by atoms with Gasteiger partial charge in [-0.05, 0) is 47.8 Å². The molecule has 0 N–H and O–H groups in total. The second-order valence-corrected chi connectivity index (χ2v) is 6.09. The van der Waals surface area contributed by atoms with Gasteiger partial charge < -0.3 is 9.64 Å². The number of pyridine rings is 1. The Balaban J connectivity index is 2.10. The Morgan fingerprint density at radius 1 is 1.50 bits per heavy atom. The molecule has 1 aromatic rings. The van der Waals surface area contributed by atoms with Crippen molar-refractivity contribution in [2.45, 2.75) is 19.8 Å². The predicted octanol–water partition coefficient (Wildman–Crippen LogP) is 2.68. The van der Waals surface area contributed by atoms with Crippen LogP contribution in [0.5, 0.6) is 0 Å². The molecule has 1 aliphatic rings. The van der Waals surface area contributed by atoms with Gasteiger partial charge in [-0.1, -0.05) is 0 Å². The van der Waals surface area contributed by atoms with Crippen LogP contribution in [0.3, 0.4) is 0 Å². The number of methoxy groups -OCH3 is 1. The standard InChI is InChI=1S/C15H20BrN3O3/c1-3-19(13-7-6-12(16)9-17-13)14(20)11-5-4-8-18(10-11)15(21)22-2/h6-7,9,11H,3-5,8,10H2,1-2H3/t11-/m1/s1. The van der Waals surface area contributed by atoms with Gasteiger partial charge in [0.05, 0.1) is 13.0 Å². The molecule has 0 spiro atoms. The molecular weight excluding hydrogens is 350 g/mol. The summed E-state index contributed by atoms with van der Waals surface area (Å²) < 4.78 is 5.62. The van der Waals surface area contributed by atoms with Gasteiger partial charge in [-0.3, -0.25) is 9.69 Å². The Kier molecular flexibility index (Phi) is 5.76. The van der Waals surface area contributed by atoms with Crippen LogP contribution in [0, 0.1) is 5.92 Å². The topological polar surface area (TPSA) is 62.7 Å². The number of halogens is 1. The number of hydrogen-bond acceptors (Lipinski definition) is 4.